The van der Waals surface area contributed by atoms with Crippen LogP contribution >= 0.6 is 34.8 Å². The van der Waals surface area contributed by atoms with E-state index in [9.17, 15) is 18.0 Å². The van der Waals surface area contributed by atoms with E-state index in [1.165, 1.54) is 20.8 Å². The lowest BCUT2D eigenvalue weighted by Gasteiger charge is -2.25. The zero-order chi connectivity index (χ0) is 18.7. The molecule has 0 spiro atoms. The molecule has 1 heterocycles. The van der Waals surface area contributed by atoms with Crippen molar-refractivity contribution in [2.75, 3.05) is 6.61 Å². The number of carbonyl (C=O) groups excluding carboxylic acids is 1. The van der Waals surface area contributed by atoms with Crippen molar-refractivity contribution in [3.8, 4) is 5.75 Å². The van der Waals surface area contributed by atoms with Crippen LogP contribution in [0, 0.1) is 0 Å². The minimum Gasteiger partial charge on any atom is -0.485 e. The minimum absolute atomic E-state index is 0.295. The fourth-order valence-electron chi connectivity index (χ4n) is 1.33. The van der Waals surface area contributed by atoms with Gasteiger partial charge >= 0.3 is 12.3 Å². The van der Waals surface area contributed by atoms with Crippen LogP contribution in [0.1, 0.15) is 20.8 Å². The normalized spacial score (nSPS) is 13.4. The number of aromatic nitrogens is 2. The van der Waals surface area contributed by atoms with Gasteiger partial charge in [0.05, 0.1) is 0 Å². The molecule has 0 aliphatic rings. The van der Waals surface area contributed by atoms with Gasteiger partial charge in [-0.1, -0.05) is 23.2 Å². The van der Waals surface area contributed by atoms with Crippen LogP contribution in [0.5, 0.6) is 5.75 Å². The highest BCUT2D eigenvalue weighted by Gasteiger charge is 2.42. The monoisotopic (exact) mass is 409 g/mol. The van der Waals surface area contributed by atoms with Crippen molar-refractivity contribution in [1.29, 1.82) is 0 Å². The quantitative estimate of drug-likeness (QED) is 0.593. The lowest BCUT2D eigenvalue weighted by atomic mass is 10.2. The molecule has 0 radical (unpaired) electrons. The highest BCUT2D eigenvalue weighted by Crippen LogP contribution is 2.31. The molecule has 0 saturated heterocycles. The van der Waals surface area contributed by atoms with Gasteiger partial charge < -0.3 is 14.8 Å². The van der Waals surface area contributed by atoms with Crippen LogP contribution in [-0.4, -0.2) is 40.5 Å². The Labute approximate surface area is 150 Å². The van der Waals surface area contributed by atoms with E-state index < -0.39 is 30.5 Å². The first-order chi connectivity index (χ1) is 10.8. The van der Waals surface area contributed by atoms with E-state index in [0.29, 0.717) is 0 Å². The number of halogens is 6. The number of ether oxygens (including phenoxy) is 2. The third-order valence-corrected chi connectivity index (χ3v) is 2.92. The van der Waals surface area contributed by atoms with Crippen LogP contribution in [-0.2, 0) is 4.74 Å². The Morgan fingerprint density at radius 3 is 2.08 bits per heavy atom. The number of hydrogen-bond donors (Lipinski definition) is 1. The van der Waals surface area contributed by atoms with Crippen molar-refractivity contribution >= 4 is 40.9 Å². The summed E-state index contributed by atoms with van der Waals surface area (Å²) in [5, 5.41) is 0.649. The summed E-state index contributed by atoms with van der Waals surface area (Å²) in [4.78, 5) is 18.5. The summed E-state index contributed by atoms with van der Waals surface area (Å²) in [5.41, 5.74) is -0.961. The van der Waals surface area contributed by atoms with E-state index in [1.807, 2.05) is 0 Å². The molecule has 1 atom stereocenters. The van der Waals surface area contributed by atoms with Crippen LogP contribution in [0.25, 0.3) is 0 Å². The van der Waals surface area contributed by atoms with Gasteiger partial charge in [0.15, 0.2) is 22.1 Å². The molecule has 1 N–H and O–H groups in total. The molecular formula is C12H13Cl3F3N3O3. The Bertz CT molecular complexity index is 586. The number of hydrogen-bond acceptors (Lipinski definition) is 5. The van der Waals surface area contributed by atoms with Crippen molar-refractivity contribution in [3.63, 3.8) is 0 Å². The molecule has 0 unspecified atom stereocenters. The molecule has 136 valence electrons. The van der Waals surface area contributed by atoms with Crippen LogP contribution < -0.4 is 10.1 Å². The summed E-state index contributed by atoms with van der Waals surface area (Å²) in [5.74, 6) is -0.386. The SMILES string of the molecule is CC(C)(C)OC(=O)N[C@H](COc1c(Cl)nc(Cl)nc1Cl)C(F)(F)F. The van der Waals surface area contributed by atoms with Gasteiger partial charge in [-0.15, -0.1) is 0 Å². The molecule has 1 aromatic rings. The number of nitrogens with one attached hydrogen (secondary N) is 1. The van der Waals surface area contributed by atoms with Crippen LogP contribution in [0.2, 0.25) is 15.6 Å². The van der Waals surface area contributed by atoms with Gasteiger partial charge in [0.1, 0.15) is 12.2 Å². The number of carbonyl (C=O) groups is 1. The van der Waals surface area contributed by atoms with Gasteiger partial charge in [0.25, 0.3) is 0 Å². The molecule has 6 nitrogen and oxygen atoms in total. The highest BCUT2D eigenvalue weighted by atomic mass is 35.5. The third kappa shape index (κ3) is 6.74. The predicted molar refractivity (Wildman–Crippen MR) is 81.8 cm³/mol. The largest absolute Gasteiger partial charge is 0.485 e. The molecule has 0 fully saturated rings. The van der Waals surface area contributed by atoms with E-state index in [0.717, 1.165) is 0 Å². The second-order valence-electron chi connectivity index (χ2n) is 5.45. The second-order valence-corrected chi connectivity index (χ2v) is 6.51. The molecule has 1 rings (SSSR count). The van der Waals surface area contributed by atoms with Crippen LogP contribution in [0.15, 0.2) is 0 Å². The minimum atomic E-state index is -4.80. The van der Waals surface area contributed by atoms with E-state index in [-0.39, 0.29) is 21.3 Å². The van der Waals surface area contributed by atoms with Crippen molar-refractivity contribution < 1.29 is 27.4 Å². The number of nitrogens with zero attached hydrogens (tertiary/aromatic N) is 2. The molecule has 24 heavy (non-hydrogen) atoms. The molecule has 0 aromatic carbocycles. The predicted octanol–water partition coefficient (Wildman–Crippen LogP) is 4.27. The van der Waals surface area contributed by atoms with Gasteiger partial charge in [-0.2, -0.15) is 13.2 Å². The Morgan fingerprint density at radius 2 is 1.67 bits per heavy atom. The molecular weight excluding hydrogens is 398 g/mol. The number of alkyl halides is 3. The van der Waals surface area contributed by atoms with Gasteiger partial charge in [-0.3, -0.25) is 0 Å². The topological polar surface area (TPSA) is 73.3 Å². The molecule has 0 saturated carbocycles. The summed E-state index contributed by atoms with van der Waals surface area (Å²) in [6, 6.07) is -2.37. The van der Waals surface area contributed by atoms with Crippen LogP contribution in [0.4, 0.5) is 18.0 Å². The van der Waals surface area contributed by atoms with Crippen LogP contribution in [0.3, 0.4) is 0 Å². The van der Waals surface area contributed by atoms with E-state index in [1.54, 1.807) is 5.32 Å². The third-order valence-electron chi connectivity index (χ3n) is 2.24. The Hall–Kier alpha value is -1.19. The van der Waals surface area contributed by atoms with Crippen molar-refractivity contribution in [2.24, 2.45) is 0 Å². The fourth-order valence-corrected chi connectivity index (χ4v) is 2.08. The molecule has 1 amide bonds. The summed E-state index contributed by atoms with van der Waals surface area (Å²) >= 11 is 16.9. The maximum absolute atomic E-state index is 13.0. The molecule has 0 aliphatic carbocycles. The van der Waals surface area contributed by atoms with Gasteiger partial charge in [0, 0.05) is 0 Å². The van der Waals surface area contributed by atoms with Crippen molar-refractivity contribution in [3.05, 3.63) is 15.6 Å². The summed E-state index contributed by atoms with van der Waals surface area (Å²) in [7, 11) is 0. The van der Waals surface area contributed by atoms with E-state index in [4.69, 9.17) is 44.3 Å². The fraction of sp³-hybridized carbons (Fsp3) is 0.583. The molecule has 12 heteroatoms. The Morgan fingerprint density at radius 1 is 1.17 bits per heavy atom. The van der Waals surface area contributed by atoms with Gasteiger partial charge in [0.2, 0.25) is 5.28 Å². The molecule has 0 aliphatic heterocycles. The average molecular weight is 411 g/mol. The average Bonchev–Trinajstić information content (AvgIpc) is 2.32. The summed E-state index contributed by atoms with van der Waals surface area (Å²) in [6.45, 7) is 3.51. The summed E-state index contributed by atoms with van der Waals surface area (Å²) in [6.07, 6.45) is -6.05. The number of alkyl carbamates (subject to hydrolysis) is 1. The number of amides is 1. The van der Waals surface area contributed by atoms with E-state index in [2.05, 4.69) is 9.97 Å². The maximum atomic E-state index is 13.0. The zero-order valence-corrected chi connectivity index (χ0v) is 14.9. The lowest BCUT2D eigenvalue weighted by Crippen LogP contribution is -2.50. The van der Waals surface area contributed by atoms with Crippen molar-refractivity contribution in [1.82, 2.24) is 15.3 Å². The van der Waals surface area contributed by atoms with Gasteiger partial charge in [-0.05, 0) is 32.4 Å². The first-order valence-electron chi connectivity index (χ1n) is 6.37. The summed E-state index contributed by atoms with van der Waals surface area (Å²) < 4.78 is 48.7. The lowest BCUT2D eigenvalue weighted by molar-refractivity contribution is -0.161. The smallest absolute Gasteiger partial charge is 0.412 e. The molecule has 0 bridgehead atoms. The van der Waals surface area contributed by atoms with Crippen molar-refractivity contribution in [2.45, 2.75) is 38.6 Å². The maximum Gasteiger partial charge on any atom is 0.412 e. The molecule has 1 aromatic heterocycles. The first kappa shape index (κ1) is 20.9. The zero-order valence-electron chi connectivity index (χ0n) is 12.7. The standard InChI is InChI=1S/C12H13Cl3F3N3O3/c1-11(2,3)24-10(22)19-5(12(16,17)18)4-23-6-7(13)20-9(15)21-8(6)14/h5H,4H2,1-3H3,(H,19,22)/t5-/m1/s1. The van der Waals surface area contributed by atoms with E-state index >= 15 is 0 Å². The van der Waals surface area contributed by atoms with Gasteiger partial charge in [-0.25, -0.2) is 14.8 Å². The first-order valence-corrected chi connectivity index (χ1v) is 7.50. The Kier molecular flexibility index (Phi) is 6.77. The highest BCUT2D eigenvalue weighted by molar-refractivity contribution is 6.37. The second kappa shape index (κ2) is 7.79. The Balaban J connectivity index is 2.84. The number of rotatable bonds is 4.